The van der Waals surface area contributed by atoms with Crippen molar-refractivity contribution in [2.45, 2.75) is 141 Å². The van der Waals surface area contributed by atoms with Crippen LogP contribution in [0.2, 0.25) is 0 Å². The first-order chi connectivity index (χ1) is 32.7. The van der Waals surface area contributed by atoms with Gasteiger partial charge in [-0.1, -0.05) is 47.5 Å². The summed E-state index contributed by atoms with van der Waals surface area (Å²) in [6.45, 7) is 27.8. The van der Waals surface area contributed by atoms with Gasteiger partial charge in [-0.2, -0.15) is 0 Å². The predicted molar refractivity (Wildman–Crippen MR) is 275 cm³/mol. The molecule has 0 atom stereocenters. The van der Waals surface area contributed by atoms with Gasteiger partial charge >= 0.3 is 0 Å². The molecule has 0 aliphatic rings. The first-order valence-corrected chi connectivity index (χ1v) is 23.4. The summed E-state index contributed by atoms with van der Waals surface area (Å²) in [5.41, 5.74) is 5.61. The Bertz CT molecular complexity index is 2250. The summed E-state index contributed by atoms with van der Waals surface area (Å²) in [4.78, 5) is 56.6. The van der Waals surface area contributed by atoms with Crippen LogP contribution in [0.15, 0.2) is 99.5 Å². The van der Waals surface area contributed by atoms with Gasteiger partial charge in [0.1, 0.15) is 34.9 Å². The van der Waals surface area contributed by atoms with Crippen molar-refractivity contribution < 1.29 is 0 Å². The van der Waals surface area contributed by atoms with Crippen LogP contribution in [0.5, 0.6) is 0 Å². The second kappa shape index (κ2) is 37.0. The highest BCUT2D eigenvalue weighted by Gasteiger charge is 1.98. The average Bonchev–Trinajstić information content (AvgIpc) is 4.15. The number of hydrogen-bond acceptors (Lipinski definition) is 9. The van der Waals surface area contributed by atoms with E-state index in [9.17, 15) is 0 Å². The first-order valence-electron chi connectivity index (χ1n) is 23.4. The Morgan fingerprint density at radius 1 is 0.544 bits per heavy atom. The number of imidazole rings is 9. The zero-order chi connectivity index (χ0) is 50.4. The minimum Gasteiger partial charge on any atom is -0.349 e. The van der Waals surface area contributed by atoms with E-state index in [0.717, 1.165) is 95.1 Å². The van der Waals surface area contributed by atoms with Crippen LogP contribution < -0.4 is 0 Å². The van der Waals surface area contributed by atoms with Crippen molar-refractivity contribution >= 4 is 0 Å². The number of nitrogens with one attached hydrogen (secondary N) is 7. The molecule has 0 amide bonds. The minimum absolute atomic E-state index is 0.775. The van der Waals surface area contributed by atoms with E-state index in [-0.39, 0.29) is 0 Å². The highest BCUT2D eigenvalue weighted by Crippen LogP contribution is 2.04. The van der Waals surface area contributed by atoms with Crippen molar-refractivity contribution in [2.75, 3.05) is 0 Å². The molecule has 0 aliphatic heterocycles. The Morgan fingerprint density at radius 3 is 1.49 bits per heavy atom. The molecule has 0 saturated heterocycles. The normalized spacial score (nSPS) is 9.63. The van der Waals surface area contributed by atoms with Gasteiger partial charge < -0.3 is 44.0 Å². The van der Waals surface area contributed by atoms with Crippen LogP contribution in [0.4, 0.5) is 0 Å². The van der Waals surface area contributed by atoms with Gasteiger partial charge in [0.25, 0.3) is 0 Å². The Kier molecular flexibility index (Phi) is 32.1. The molecule has 0 saturated carbocycles. The first kappa shape index (κ1) is 58.9. The maximum absolute atomic E-state index is 4.16. The van der Waals surface area contributed by atoms with Crippen LogP contribution in [0.25, 0.3) is 0 Å². The SMILES string of the molecule is CCCCCc1ncc[nH]1.CCc1ncc(C)[nH]1.CCc1ncc[nH]1.Cc1cnc(C)[nH]1.Cc1cnc[nH]1.Cc1nc[nH]c1C.Cc1ncc[nH]1.Cc1nccn1CCC(C)C.Cn1ccnc1. The molecule has 68 heavy (non-hydrogen) atoms. The second-order valence-electron chi connectivity index (χ2n) is 16.0. The van der Waals surface area contributed by atoms with Crippen LogP contribution in [-0.2, 0) is 32.9 Å². The van der Waals surface area contributed by atoms with Crippen molar-refractivity contribution in [1.82, 2.24) is 88.9 Å². The third-order valence-electron chi connectivity index (χ3n) is 9.24. The van der Waals surface area contributed by atoms with Gasteiger partial charge in [0.15, 0.2) is 0 Å². The topological polar surface area (TPSA) is 236 Å². The van der Waals surface area contributed by atoms with Crippen molar-refractivity contribution in [3.63, 3.8) is 0 Å². The van der Waals surface area contributed by atoms with Crippen molar-refractivity contribution in [2.24, 2.45) is 13.0 Å². The van der Waals surface area contributed by atoms with E-state index in [2.05, 4.69) is 119 Å². The lowest BCUT2D eigenvalue weighted by molar-refractivity contribution is 0.510. The molecule has 372 valence electrons. The molecule has 18 nitrogen and oxygen atoms in total. The van der Waals surface area contributed by atoms with E-state index in [0.29, 0.717) is 0 Å². The van der Waals surface area contributed by atoms with E-state index in [4.69, 9.17) is 0 Å². The van der Waals surface area contributed by atoms with Crippen LogP contribution in [0.1, 0.15) is 124 Å². The number of hydrogen-bond donors (Lipinski definition) is 7. The zero-order valence-electron chi connectivity index (χ0n) is 43.4. The lowest BCUT2D eigenvalue weighted by Gasteiger charge is -2.06. The van der Waals surface area contributed by atoms with Gasteiger partial charge in [-0.05, 0) is 74.1 Å². The largest absolute Gasteiger partial charge is 0.349 e. The maximum atomic E-state index is 4.16. The summed E-state index contributed by atoms with van der Waals surface area (Å²) in [7, 11) is 1.94. The van der Waals surface area contributed by atoms with E-state index in [1.165, 1.54) is 25.7 Å². The fourth-order valence-corrected chi connectivity index (χ4v) is 5.12. The Hall–Kier alpha value is -7.11. The smallest absolute Gasteiger partial charge is 0.105 e. The molecule has 0 spiro atoms. The predicted octanol–water partition coefficient (Wildman–Crippen LogP) is 10.5. The molecule has 0 bridgehead atoms. The second-order valence-corrected chi connectivity index (χ2v) is 16.0. The van der Waals surface area contributed by atoms with Gasteiger partial charge in [-0.25, -0.2) is 44.9 Å². The fourth-order valence-electron chi connectivity index (χ4n) is 5.12. The number of aromatic nitrogens is 18. The lowest BCUT2D eigenvalue weighted by Crippen LogP contribution is -2.01. The van der Waals surface area contributed by atoms with Gasteiger partial charge in [0, 0.05) is 136 Å². The van der Waals surface area contributed by atoms with Crippen molar-refractivity contribution in [1.29, 1.82) is 0 Å². The minimum atomic E-state index is 0.775. The maximum Gasteiger partial charge on any atom is 0.105 e. The molecule has 18 heteroatoms. The molecule has 0 radical (unpaired) electrons. The molecular weight excluding hydrogens is 853 g/mol. The summed E-state index contributed by atoms with van der Waals surface area (Å²) in [6.07, 6.45) is 37.1. The summed E-state index contributed by atoms with van der Waals surface area (Å²) in [5, 5.41) is 0. The Balaban J connectivity index is 0.000000385. The highest BCUT2D eigenvalue weighted by atomic mass is 15.0. The average molecular weight is 935 g/mol. The van der Waals surface area contributed by atoms with Crippen molar-refractivity contribution in [3.8, 4) is 0 Å². The monoisotopic (exact) mass is 935 g/mol. The Labute approximate surface area is 405 Å². The number of nitrogens with zero attached hydrogens (tertiary/aromatic N) is 11. The molecule has 7 N–H and O–H groups in total. The molecule has 9 rings (SSSR count). The van der Waals surface area contributed by atoms with Crippen LogP contribution in [0.3, 0.4) is 0 Å². The molecule has 0 aromatic carbocycles. The van der Waals surface area contributed by atoms with Crippen LogP contribution >= 0.6 is 0 Å². The molecular formula is C50H82N18. The van der Waals surface area contributed by atoms with E-state index in [1.807, 2.05) is 110 Å². The van der Waals surface area contributed by atoms with E-state index < -0.39 is 0 Å². The Morgan fingerprint density at radius 2 is 1.21 bits per heavy atom. The van der Waals surface area contributed by atoms with Crippen LogP contribution in [0, 0.1) is 61.3 Å². The van der Waals surface area contributed by atoms with Crippen molar-refractivity contribution in [3.05, 3.63) is 163 Å². The number of H-pyrrole nitrogens is 7. The summed E-state index contributed by atoms with van der Waals surface area (Å²) in [6, 6.07) is 0. The van der Waals surface area contributed by atoms with Gasteiger partial charge in [-0.3, -0.25) is 0 Å². The summed E-state index contributed by atoms with van der Waals surface area (Å²) in [5.74, 6) is 7.09. The molecule has 9 aromatic rings. The van der Waals surface area contributed by atoms with Crippen LogP contribution in [-0.4, -0.2) is 88.9 Å². The lowest BCUT2D eigenvalue weighted by atomic mass is 10.1. The van der Waals surface area contributed by atoms with E-state index >= 15 is 0 Å². The third-order valence-corrected chi connectivity index (χ3v) is 9.24. The number of aryl methyl sites for hydroxylation is 13. The molecule has 0 aliphatic carbocycles. The van der Waals surface area contributed by atoms with E-state index in [1.54, 1.807) is 56.2 Å². The molecule has 0 fully saturated rings. The number of aromatic amines is 7. The third kappa shape index (κ3) is 30.9. The standard InChI is InChI=1S/C9H16N2.C8H14N2.C6H10N2.3C5H8N2.3C4H6N2/c1-8(2)4-6-11-7-5-10-9(11)3;1-2-3-4-5-8-9-6-7-10-8;1-3-6-7-4-5(2)8-6;1-4-5(2)7-3-6-4;1-4-3-6-5(2)7-4;1-2-5-6-3-4-7-5;1-4-2-5-3-6-4;1-6-3-2-5-4-6;1-4-5-2-3-6-4/h5,7-8H,4,6H2,1-3H3;6-7H,2-5H2,1H3,(H,9,10);4H,3H2,1-2H3,(H,7,8);2*3H,1-2H3,(H,6,7);3-4H,2H2,1H3,(H,6,7);2-3H,1H3,(H,5,6);2-4H,1H3;2-3H,1H3,(H,5,6). The fraction of sp³-hybridized carbons (Fsp3) is 0.460. The molecule has 0 unspecified atom stereocenters. The number of rotatable bonds is 9. The van der Waals surface area contributed by atoms with Gasteiger partial charge in [-0.15, -0.1) is 0 Å². The quantitative estimate of drug-likeness (QED) is 0.0681. The summed E-state index contributed by atoms with van der Waals surface area (Å²) < 4.78 is 4.08. The molecule has 9 heterocycles. The van der Waals surface area contributed by atoms with Gasteiger partial charge in [0.2, 0.25) is 0 Å². The number of unbranched alkanes of at least 4 members (excludes halogenated alkanes) is 2. The highest BCUT2D eigenvalue weighted by molar-refractivity contribution is 5.04. The summed E-state index contributed by atoms with van der Waals surface area (Å²) >= 11 is 0. The molecule has 9 aromatic heterocycles. The zero-order valence-corrected chi connectivity index (χ0v) is 43.4. The van der Waals surface area contributed by atoms with Gasteiger partial charge in [0.05, 0.1) is 24.7 Å².